The van der Waals surface area contributed by atoms with Gasteiger partial charge in [0.15, 0.2) is 5.12 Å². The van der Waals surface area contributed by atoms with Crippen LogP contribution in [0.15, 0.2) is 0 Å². The van der Waals surface area contributed by atoms with E-state index in [1.165, 1.54) is 6.92 Å². The Kier molecular flexibility index (Phi) is 3.16. The minimum atomic E-state index is -1.04. The molecular weight excluding hydrogens is 244 g/mol. The van der Waals surface area contributed by atoms with E-state index in [0.29, 0.717) is 12.8 Å². The number of carbonyl (C=O) groups is 3. The normalized spacial score (nSPS) is 39.2. The van der Waals surface area contributed by atoms with Crippen molar-refractivity contribution in [3.63, 3.8) is 0 Å². The maximum Gasteiger partial charge on any atom is 0.307 e. The topological polar surface area (TPSA) is 91.7 Å². The first-order valence-corrected chi connectivity index (χ1v) is 6.42. The molecule has 2 fully saturated rings. The molecule has 17 heavy (non-hydrogen) atoms. The summed E-state index contributed by atoms with van der Waals surface area (Å²) in [4.78, 5) is 33.3. The Labute approximate surface area is 103 Å². The Morgan fingerprint density at radius 2 is 1.65 bits per heavy atom. The highest BCUT2D eigenvalue weighted by Crippen LogP contribution is 2.56. The molecule has 0 aromatic heterocycles. The lowest BCUT2D eigenvalue weighted by molar-refractivity contribution is -0.156. The van der Waals surface area contributed by atoms with Crippen molar-refractivity contribution in [3.8, 4) is 0 Å². The lowest BCUT2D eigenvalue weighted by Crippen LogP contribution is -2.39. The third-order valence-electron chi connectivity index (χ3n) is 3.83. The van der Waals surface area contributed by atoms with E-state index in [9.17, 15) is 14.4 Å². The van der Waals surface area contributed by atoms with Gasteiger partial charge in [-0.25, -0.2) is 0 Å². The van der Waals surface area contributed by atoms with Crippen LogP contribution in [0.4, 0.5) is 0 Å². The Bertz CT molecular complexity index is 378. The van der Waals surface area contributed by atoms with Crippen LogP contribution in [-0.2, 0) is 14.4 Å². The van der Waals surface area contributed by atoms with Crippen LogP contribution < -0.4 is 0 Å². The summed E-state index contributed by atoms with van der Waals surface area (Å²) in [7, 11) is 0. The van der Waals surface area contributed by atoms with Crippen LogP contribution in [0.2, 0.25) is 0 Å². The molecule has 0 aromatic carbocycles. The molecule has 5 atom stereocenters. The van der Waals surface area contributed by atoms with Gasteiger partial charge in [-0.1, -0.05) is 11.8 Å². The van der Waals surface area contributed by atoms with Crippen LogP contribution in [0, 0.1) is 23.7 Å². The number of hydrogen-bond donors (Lipinski definition) is 2. The number of carboxylic acid groups (broad SMARTS) is 2. The maximum absolute atomic E-state index is 11.2. The second kappa shape index (κ2) is 4.33. The van der Waals surface area contributed by atoms with Crippen molar-refractivity contribution in [1.82, 2.24) is 0 Å². The fourth-order valence-electron chi connectivity index (χ4n) is 3.34. The van der Waals surface area contributed by atoms with E-state index in [1.54, 1.807) is 0 Å². The molecule has 2 aliphatic carbocycles. The van der Waals surface area contributed by atoms with Gasteiger partial charge in [-0.3, -0.25) is 14.4 Å². The molecule has 0 unspecified atom stereocenters. The molecule has 0 saturated heterocycles. The number of carbonyl (C=O) groups excluding carboxylic acids is 1. The van der Waals surface area contributed by atoms with Crippen molar-refractivity contribution in [2.75, 3.05) is 0 Å². The van der Waals surface area contributed by atoms with Crippen LogP contribution >= 0.6 is 11.8 Å². The van der Waals surface area contributed by atoms with Crippen LogP contribution in [0.1, 0.15) is 19.8 Å². The van der Waals surface area contributed by atoms with E-state index in [-0.39, 0.29) is 22.2 Å². The first-order chi connectivity index (χ1) is 7.91. The predicted octanol–water partition coefficient (Wildman–Crippen LogP) is 1.08. The van der Waals surface area contributed by atoms with Gasteiger partial charge in [-0.15, -0.1) is 0 Å². The minimum Gasteiger partial charge on any atom is -0.481 e. The first kappa shape index (κ1) is 12.4. The number of fused-ring (bicyclic) bond motifs is 2. The number of aliphatic carboxylic acids is 2. The highest BCUT2D eigenvalue weighted by atomic mass is 32.2. The lowest BCUT2D eigenvalue weighted by Gasteiger charge is -2.30. The molecule has 0 radical (unpaired) electrons. The Balaban J connectivity index is 2.19. The fourth-order valence-corrected chi connectivity index (χ4v) is 4.57. The molecule has 6 heteroatoms. The van der Waals surface area contributed by atoms with E-state index in [4.69, 9.17) is 10.2 Å². The zero-order valence-electron chi connectivity index (χ0n) is 9.33. The van der Waals surface area contributed by atoms with Crippen LogP contribution in [0.5, 0.6) is 0 Å². The predicted molar refractivity (Wildman–Crippen MR) is 60.5 cm³/mol. The lowest BCUT2D eigenvalue weighted by atomic mass is 9.79. The largest absolute Gasteiger partial charge is 0.481 e. The standard InChI is InChI=1S/C11H14O5S/c1-4(12)17-7-3-5-2-6(7)9(11(15)16)8(5)10(13)14/h5-9H,2-3H2,1H3,(H,13,14)(H,15,16)/t5-,6+,7-,8-,9-/m0/s1. The summed E-state index contributed by atoms with van der Waals surface area (Å²) in [5.74, 6) is -3.93. The summed E-state index contributed by atoms with van der Waals surface area (Å²) in [6.45, 7) is 1.46. The van der Waals surface area contributed by atoms with Gasteiger partial charge in [-0.05, 0) is 24.7 Å². The Morgan fingerprint density at radius 3 is 2.12 bits per heavy atom. The molecule has 2 saturated carbocycles. The van der Waals surface area contributed by atoms with E-state index in [0.717, 1.165) is 11.8 Å². The summed E-state index contributed by atoms with van der Waals surface area (Å²) in [5.41, 5.74) is 0. The summed E-state index contributed by atoms with van der Waals surface area (Å²) >= 11 is 1.16. The molecular formula is C11H14O5S. The molecule has 2 aliphatic rings. The molecule has 2 N–H and O–H groups in total. The number of carboxylic acids is 2. The van der Waals surface area contributed by atoms with Crippen molar-refractivity contribution in [2.24, 2.45) is 23.7 Å². The zero-order chi connectivity index (χ0) is 12.7. The van der Waals surface area contributed by atoms with Gasteiger partial charge >= 0.3 is 11.9 Å². The third kappa shape index (κ3) is 2.06. The van der Waals surface area contributed by atoms with Crippen molar-refractivity contribution >= 4 is 28.8 Å². The van der Waals surface area contributed by atoms with E-state index in [1.807, 2.05) is 0 Å². The van der Waals surface area contributed by atoms with E-state index < -0.39 is 23.8 Å². The van der Waals surface area contributed by atoms with Gasteiger partial charge in [0.25, 0.3) is 0 Å². The van der Waals surface area contributed by atoms with Crippen molar-refractivity contribution in [3.05, 3.63) is 0 Å². The molecule has 0 aliphatic heterocycles. The molecule has 94 valence electrons. The summed E-state index contributed by atoms with van der Waals surface area (Å²) in [6, 6.07) is 0. The Hall–Kier alpha value is -1.04. The van der Waals surface area contributed by atoms with E-state index in [2.05, 4.69) is 0 Å². The first-order valence-electron chi connectivity index (χ1n) is 5.54. The van der Waals surface area contributed by atoms with Crippen molar-refractivity contribution in [1.29, 1.82) is 0 Å². The quantitative estimate of drug-likeness (QED) is 0.787. The van der Waals surface area contributed by atoms with Crippen molar-refractivity contribution < 1.29 is 24.6 Å². The monoisotopic (exact) mass is 258 g/mol. The third-order valence-corrected chi connectivity index (χ3v) is 5.01. The molecule has 0 aromatic rings. The average Bonchev–Trinajstić information content (AvgIpc) is 2.71. The smallest absolute Gasteiger partial charge is 0.307 e. The van der Waals surface area contributed by atoms with Gasteiger partial charge in [0.1, 0.15) is 0 Å². The molecule has 0 amide bonds. The molecule has 2 bridgehead atoms. The average molecular weight is 258 g/mol. The van der Waals surface area contributed by atoms with Crippen LogP contribution in [0.3, 0.4) is 0 Å². The van der Waals surface area contributed by atoms with Crippen molar-refractivity contribution in [2.45, 2.75) is 25.0 Å². The van der Waals surface area contributed by atoms with Gasteiger partial charge in [-0.2, -0.15) is 0 Å². The SMILES string of the molecule is CC(=O)S[C@H]1C[C@@H]2C[C@H]1[C@H](C(=O)O)[C@H]2C(=O)O. The summed E-state index contributed by atoms with van der Waals surface area (Å²) in [6.07, 6.45) is 1.27. The molecule has 0 heterocycles. The van der Waals surface area contributed by atoms with Crippen LogP contribution in [-0.4, -0.2) is 32.5 Å². The number of thioether (sulfide) groups is 1. The molecule has 5 nitrogen and oxygen atoms in total. The molecule has 0 spiro atoms. The minimum absolute atomic E-state index is 0.0193. The van der Waals surface area contributed by atoms with Gasteiger partial charge in [0.2, 0.25) is 0 Å². The summed E-state index contributed by atoms with van der Waals surface area (Å²) < 4.78 is 0. The van der Waals surface area contributed by atoms with E-state index >= 15 is 0 Å². The highest BCUT2D eigenvalue weighted by Gasteiger charge is 2.58. The fraction of sp³-hybridized carbons (Fsp3) is 0.727. The second-order valence-electron chi connectivity index (χ2n) is 4.77. The second-order valence-corrected chi connectivity index (χ2v) is 6.19. The van der Waals surface area contributed by atoms with Gasteiger partial charge < -0.3 is 10.2 Å². The Morgan fingerprint density at radius 1 is 1.06 bits per heavy atom. The molecule has 2 rings (SSSR count). The summed E-state index contributed by atoms with van der Waals surface area (Å²) in [5, 5.41) is 18.2. The van der Waals surface area contributed by atoms with Gasteiger partial charge in [0, 0.05) is 12.2 Å². The van der Waals surface area contributed by atoms with Crippen LogP contribution in [0.25, 0.3) is 0 Å². The number of rotatable bonds is 3. The maximum atomic E-state index is 11.2. The zero-order valence-corrected chi connectivity index (χ0v) is 10.1. The van der Waals surface area contributed by atoms with Gasteiger partial charge in [0.05, 0.1) is 11.8 Å². The highest BCUT2D eigenvalue weighted by molar-refractivity contribution is 8.14. The number of hydrogen-bond acceptors (Lipinski definition) is 4.